The summed E-state index contributed by atoms with van der Waals surface area (Å²) in [7, 11) is 0. The Morgan fingerprint density at radius 1 is 1.14 bits per heavy atom. The number of amides is 1. The molecule has 116 valence electrons. The fourth-order valence-electron chi connectivity index (χ4n) is 1.83. The molecule has 2 aromatic carbocycles. The maximum atomic E-state index is 13.6. The molecule has 7 heteroatoms. The molecule has 22 heavy (non-hydrogen) atoms. The summed E-state index contributed by atoms with van der Waals surface area (Å²) in [5, 5.41) is 2.33. The minimum Gasteiger partial charge on any atom is -0.323 e. The predicted molar refractivity (Wildman–Crippen MR) is 77.9 cm³/mol. The van der Waals surface area contributed by atoms with Crippen molar-refractivity contribution in [3.63, 3.8) is 0 Å². The Hall–Kier alpha value is -1.89. The molecular weight excluding hydrogens is 366 g/mol. The first kappa shape index (κ1) is 16.5. The zero-order chi connectivity index (χ0) is 16.3. The van der Waals surface area contributed by atoms with E-state index in [0.29, 0.717) is 4.47 Å². The number of carbonyl (C=O) groups is 1. The van der Waals surface area contributed by atoms with Crippen molar-refractivity contribution in [1.29, 1.82) is 0 Å². The number of hydrogen-bond donors (Lipinski definition) is 1. The quantitative estimate of drug-likeness (QED) is 0.767. The summed E-state index contributed by atoms with van der Waals surface area (Å²) in [5.74, 6) is -1.23. The molecule has 0 saturated heterocycles. The summed E-state index contributed by atoms with van der Waals surface area (Å²) in [6.07, 6.45) is -4.75. The van der Waals surface area contributed by atoms with Crippen LogP contribution >= 0.6 is 15.9 Å². The summed E-state index contributed by atoms with van der Waals surface area (Å²) in [6, 6.07) is 8.55. The van der Waals surface area contributed by atoms with E-state index in [1.54, 1.807) is 6.07 Å². The normalized spacial score (nSPS) is 11.3. The fourth-order valence-corrected chi connectivity index (χ4v) is 2.16. The Morgan fingerprint density at radius 2 is 1.86 bits per heavy atom. The Morgan fingerprint density at radius 3 is 2.50 bits per heavy atom. The molecule has 2 rings (SSSR count). The van der Waals surface area contributed by atoms with Gasteiger partial charge in [-0.3, -0.25) is 4.79 Å². The van der Waals surface area contributed by atoms with Crippen molar-refractivity contribution in [2.24, 2.45) is 0 Å². The predicted octanol–water partition coefficient (Wildman–Crippen LogP) is 4.79. The number of alkyl halides is 3. The number of carbonyl (C=O) groups excluding carboxylic acids is 1. The van der Waals surface area contributed by atoms with Crippen LogP contribution in [0.2, 0.25) is 0 Å². The highest BCUT2D eigenvalue weighted by molar-refractivity contribution is 9.10. The summed E-state index contributed by atoms with van der Waals surface area (Å²) < 4.78 is 51.9. The molecule has 1 amide bonds. The largest absolute Gasteiger partial charge is 0.416 e. The SMILES string of the molecule is O=C(Cc1cccc(C(F)(F)F)c1)Nc1ccc(Br)cc1F. The van der Waals surface area contributed by atoms with Gasteiger partial charge < -0.3 is 5.32 Å². The van der Waals surface area contributed by atoms with Gasteiger partial charge in [-0.05, 0) is 29.8 Å². The van der Waals surface area contributed by atoms with Crippen molar-refractivity contribution in [3.8, 4) is 0 Å². The summed E-state index contributed by atoms with van der Waals surface area (Å²) >= 11 is 3.08. The minimum atomic E-state index is -4.47. The van der Waals surface area contributed by atoms with E-state index < -0.39 is 23.5 Å². The second-order valence-electron chi connectivity index (χ2n) is 4.55. The highest BCUT2D eigenvalue weighted by atomic mass is 79.9. The van der Waals surface area contributed by atoms with Gasteiger partial charge in [0.05, 0.1) is 17.7 Å². The average Bonchev–Trinajstić information content (AvgIpc) is 2.41. The Kier molecular flexibility index (Phi) is 4.85. The van der Waals surface area contributed by atoms with E-state index in [1.165, 1.54) is 24.3 Å². The van der Waals surface area contributed by atoms with Gasteiger partial charge in [0.1, 0.15) is 5.82 Å². The molecule has 0 saturated carbocycles. The smallest absolute Gasteiger partial charge is 0.323 e. The first-order chi connectivity index (χ1) is 10.3. The van der Waals surface area contributed by atoms with E-state index in [-0.39, 0.29) is 17.7 Å². The lowest BCUT2D eigenvalue weighted by Crippen LogP contribution is -2.16. The van der Waals surface area contributed by atoms with Gasteiger partial charge >= 0.3 is 6.18 Å². The van der Waals surface area contributed by atoms with Crippen LogP contribution < -0.4 is 5.32 Å². The molecule has 0 aliphatic carbocycles. The molecular formula is C15H10BrF4NO. The molecule has 2 aromatic rings. The van der Waals surface area contributed by atoms with E-state index in [4.69, 9.17) is 0 Å². The van der Waals surface area contributed by atoms with Gasteiger partial charge in [0.15, 0.2) is 0 Å². The summed E-state index contributed by atoms with van der Waals surface area (Å²) in [5.41, 5.74) is -0.655. The molecule has 0 atom stereocenters. The third-order valence-corrected chi connectivity index (χ3v) is 3.32. The van der Waals surface area contributed by atoms with E-state index in [0.717, 1.165) is 12.1 Å². The molecule has 0 aliphatic heterocycles. The zero-order valence-corrected chi connectivity index (χ0v) is 12.6. The van der Waals surface area contributed by atoms with Crippen molar-refractivity contribution >= 4 is 27.5 Å². The van der Waals surface area contributed by atoms with Gasteiger partial charge in [-0.15, -0.1) is 0 Å². The third kappa shape index (κ3) is 4.30. The van der Waals surface area contributed by atoms with Crippen LogP contribution in [0.3, 0.4) is 0 Å². The van der Waals surface area contributed by atoms with Gasteiger partial charge in [-0.25, -0.2) is 4.39 Å². The monoisotopic (exact) mass is 375 g/mol. The Labute approximate surface area is 132 Å². The number of nitrogens with one attached hydrogen (secondary N) is 1. The lowest BCUT2D eigenvalue weighted by Gasteiger charge is -2.09. The second kappa shape index (κ2) is 6.48. The minimum absolute atomic E-state index is 0.0276. The maximum absolute atomic E-state index is 13.6. The molecule has 0 heterocycles. The molecule has 0 aliphatic rings. The average molecular weight is 376 g/mol. The van der Waals surface area contributed by atoms with Gasteiger partial charge in [0.25, 0.3) is 0 Å². The first-order valence-electron chi connectivity index (χ1n) is 6.17. The van der Waals surface area contributed by atoms with Crippen LogP contribution in [0.1, 0.15) is 11.1 Å². The van der Waals surface area contributed by atoms with Gasteiger partial charge in [0.2, 0.25) is 5.91 Å². The number of anilines is 1. The molecule has 0 spiro atoms. The molecule has 0 aromatic heterocycles. The lowest BCUT2D eigenvalue weighted by molar-refractivity contribution is -0.137. The van der Waals surface area contributed by atoms with Crippen molar-refractivity contribution in [2.45, 2.75) is 12.6 Å². The van der Waals surface area contributed by atoms with Crippen molar-refractivity contribution < 1.29 is 22.4 Å². The standard InChI is InChI=1S/C15H10BrF4NO/c16-11-4-5-13(12(17)8-11)21-14(22)7-9-2-1-3-10(6-9)15(18,19)20/h1-6,8H,7H2,(H,21,22). The van der Waals surface area contributed by atoms with E-state index in [2.05, 4.69) is 21.2 Å². The van der Waals surface area contributed by atoms with E-state index in [9.17, 15) is 22.4 Å². The van der Waals surface area contributed by atoms with Crippen molar-refractivity contribution in [3.05, 3.63) is 63.9 Å². The molecule has 0 bridgehead atoms. The topological polar surface area (TPSA) is 29.1 Å². The number of hydrogen-bond acceptors (Lipinski definition) is 1. The van der Waals surface area contributed by atoms with Crippen LogP contribution in [0.4, 0.5) is 23.2 Å². The van der Waals surface area contributed by atoms with Gasteiger partial charge in [-0.1, -0.05) is 34.1 Å². The van der Waals surface area contributed by atoms with E-state index >= 15 is 0 Å². The zero-order valence-electron chi connectivity index (χ0n) is 11.0. The van der Waals surface area contributed by atoms with Crippen LogP contribution in [0.25, 0.3) is 0 Å². The molecule has 0 radical (unpaired) electrons. The van der Waals surface area contributed by atoms with Crippen LogP contribution in [-0.4, -0.2) is 5.91 Å². The lowest BCUT2D eigenvalue weighted by atomic mass is 10.1. The summed E-state index contributed by atoms with van der Waals surface area (Å²) in [4.78, 5) is 11.8. The van der Waals surface area contributed by atoms with Crippen LogP contribution in [0, 0.1) is 5.82 Å². The second-order valence-corrected chi connectivity index (χ2v) is 5.46. The number of halogens is 5. The Bertz CT molecular complexity index is 700. The fraction of sp³-hybridized carbons (Fsp3) is 0.133. The summed E-state index contributed by atoms with van der Waals surface area (Å²) in [6.45, 7) is 0. The van der Waals surface area contributed by atoms with Gasteiger partial charge in [-0.2, -0.15) is 13.2 Å². The third-order valence-electron chi connectivity index (χ3n) is 2.82. The Balaban J connectivity index is 2.09. The maximum Gasteiger partial charge on any atom is 0.416 e. The molecule has 2 nitrogen and oxygen atoms in total. The highest BCUT2D eigenvalue weighted by Crippen LogP contribution is 2.29. The molecule has 0 fully saturated rings. The van der Waals surface area contributed by atoms with E-state index in [1.807, 2.05) is 0 Å². The molecule has 0 unspecified atom stereocenters. The van der Waals surface area contributed by atoms with Crippen molar-refractivity contribution in [1.82, 2.24) is 0 Å². The number of rotatable bonds is 3. The van der Waals surface area contributed by atoms with Crippen LogP contribution in [0.5, 0.6) is 0 Å². The van der Waals surface area contributed by atoms with Crippen LogP contribution in [-0.2, 0) is 17.4 Å². The van der Waals surface area contributed by atoms with Crippen molar-refractivity contribution in [2.75, 3.05) is 5.32 Å². The number of benzene rings is 2. The first-order valence-corrected chi connectivity index (χ1v) is 6.96. The van der Waals surface area contributed by atoms with Crippen LogP contribution in [0.15, 0.2) is 46.9 Å². The molecule has 1 N–H and O–H groups in total. The van der Waals surface area contributed by atoms with Gasteiger partial charge in [0, 0.05) is 4.47 Å². The highest BCUT2D eigenvalue weighted by Gasteiger charge is 2.30.